The van der Waals surface area contributed by atoms with E-state index < -0.39 is 0 Å². The van der Waals surface area contributed by atoms with Gasteiger partial charge in [-0.25, -0.2) is 9.97 Å². The Morgan fingerprint density at radius 1 is 1.13 bits per heavy atom. The summed E-state index contributed by atoms with van der Waals surface area (Å²) in [5, 5.41) is 3.93. The molecule has 6 nitrogen and oxygen atoms in total. The third kappa shape index (κ3) is 2.79. The molecular weight excluding hydrogens is 292 g/mol. The zero-order valence-corrected chi connectivity index (χ0v) is 13.5. The van der Waals surface area contributed by atoms with Gasteiger partial charge in [-0.2, -0.15) is 0 Å². The van der Waals surface area contributed by atoms with Crippen molar-refractivity contribution in [3.63, 3.8) is 0 Å². The molecule has 3 N–H and O–H groups in total. The number of aromatic nitrogens is 2. The van der Waals surface area contributed by atoms with Crippen molar-refractivity contribution in [2.45, 2.75) is 12.8 Å². The summed E-state index contributed by atoms with van der Waals surface area (Å²) in [6.45, 7) is 0. The Morgan fingerprint density at radius 3 is 2.52 bits per heavy atom. The number of anilines is 1. The first kappa shape index (κ1) is 15.1. The van der Waals surface area contributed by atoms with E-state index in [4.69, 9.17) is 15.2 Å². The third-order valence-electron chi connectivity index (χ3n) is 3.86. The summed E-state index contributed by atoms with van der Waals surface area (Å²) in [4.78, 5) is 9.16. The number of nitrogens with zero attached hydrogens (tertiary/aromatic N) is 2. The Bertz CT molecular complexity index is 812. The second-order valence-corrected chi connectivity index (χ2v) is 5.28. The number of nitrogens with one attached hydrogen (secondary N) is 1. The molecule has 120 valence electrons. The molecule has 23 heavy (non-hydrogen) atoms. The van der Waals surface area contributed by atoms with Gasteiger partial charge in [-0.15, -0.1) is 0 Å². The second-order valence-electron chi connectivity index (χ2n) is 5.28. The lowest BCUT2D eigenvalue weighted by Crippen LogP contribution is -2.05. The molecule has 1 aliphatic carbocycles. The molecule has 6 heteroatoms. The fraction of sp³-hybridized carbons (Fsp3) is 0.294. The summed E-state index contributed by atoms with van der Waals surface area (Å²) in [6, 6.07) is 3.78. The quantitative estimate of drug-likeness (QED) is 0.903. The lowest BCUT2D eigenvalue weighted by atomic mass is 9.97. The maximum atomic E-state index is 5.96. The number of methoxy groups -OCH3 is 2. The average molecular weight is 312 g/mol. The van der Waals surface area contributed by atoms with Gasteiger partial charge in [-0.05, 0) is 30.6 Å². The Hall–Kier alpha value is -2.76. The number of hydrogen-bond donors (Lipinski definition) is 2. The minimum absolute atomic E-state index is 0.564. The molecule has 0 aliphatic heterocycles. The van der Waals surface area contributed by atoms with Crippen LogP contribution in [-0.4, -0.2) is 31.2 Å². The summed E-state index contributed by atoms with van der Waals surface area (Å²) in [5.74, 6) is 1.86. The van der Waals surface area contributed by atoms with Crippen LogP contribution in [0.25, 0.3) is 16.5 Å². The van der Waals surface area contributed by atoms with Crippen molar-refractivity contribution in [1.29, 1.82) is 0 Å². The van der Waals surface area contributed by atoms with Crippen LogP contribution in [-0.2, 0) is 0 Å². The van der Waals surface area contributed by atoms with Gasteiger partial charge in [0, 0.05) is 24.2 Å². The van der Waals surface area contributed by atoms with Crippen molar-refractivity contribution in [1.82, 2.24) is 9.97 Å². The minimum Gasteiger partial charge on any atom is -0.493 e. The number of benzene rings is 1. The Kier molecular flexibility index (Phi) is 4.06. The van der Waals surface area contributed by atoms with Crippen LogP contribution >= 0.6 is 0 Å². The van der Waals surface area contributed by atoms with Crippen molar-refractivity contribution in [2.24, 2.45) is 5.73 Å². The predicted octanol–water partition coefficient (Wildman–Crippen LogP) is 2.71. The highest BCUT2D eigenvalue weighted by molar-refractivity contribution is 5.93. The highest BCUT2D eigenvalue weighted by atomic mass is 16.5. The smallest absolute Gasteiger partial charge is 0.223 e. The van der Waals surface area contributed by atoms with Crippen molar-refractivity contribution >= 4 is 22.4 Å². The van der Waals surface area contributed by atoms with Gasteiger partial charge in [0.1, 0.15) is 0 Å². The SMILES string of the molecule is CNc1nc(C2=CC(N)=CCC2)c2cc(OC)c(OC)cc2n1. The van der Waals surface area contributed by atoms with Crippen molar-refractivity contribution < 1.29 is 9.47 Å². The van der Waals surface area contributed by atoms with Gasteiger partial charge in [0.2, 0.25) is 5.95 Å². The lowest BCUT2D eigenvalue weighted by molar-refractivity contribution is 0.356. The number of hydrogen-bond acceptors (Lipinski definition) is 6. The largest absolute Gasteiger partial charge is 0.493 e. The van der Waals surface area contributed by atoms with Crippen LogP contribution in [0.3, 0.4) is 0 Å². The molecule has 2 aromatic rings. The summed E-state index contributed by atoms with van der Waals surface area (Å²) in [5.41, 5.74) is 9.49. The van der Waals surface area contributed by atoms with E-state index in [2.05, 4.69) is 15.3 Å². The Morgan fingerprint density at radius 2 is 1.87 bits per heavy atom. The second kappa shape index (κ2) is 6.16. The van der Waals surface area contributed by atoms with E-state index in [1.807, 2.05) is 24.3 Å². The molecule has 0 atom stereocenters. The first-order valence-corrected chi connectivity index (χ1v) is 7.44. The number of nitrogens with two attached hydrogens (primary N) is 1. The van der Waals surface area contributed by atoms with Crippen LogP contribution in [0.5, 0.6) is 11.5 Å². The molecule has 3 rings (SSSR count). The zero-order chi connectivity index (χ0) is 16.4. The molecule has 0 spiro atoms. The number of fused-ring (bicyclic) bond motifs is 1. The highest BCUT2D eigenvalue weighted by Crippen LogP contribution is 2.36. The standard InChI is InChI=1S/C17H20N4O2/c1-19-17-20-13-9-15(23-3)14(22-2)8-12(13)16(21-17)10-5-4-6-11(18)7-10/h6-9H,4-5,18H2,1-3H3,(H,19,20,21). The van der Waals surface area contributed by atoms with Gasteiger partial charge in [0.25, 0.3) is 0 Å². The average Bonchev–Trinajstić information content (AvgIpc) is 2.59. The topological polar surface area (TPSA) is 82.3 Å². The first-order valence-electron chi connectivity index (χ1n) is 7.44. The summed E-state index contributed by atoms with van der Waals surface area (Å²) < 4.78 is 10.8. The summed E-state index contributed by atoms with van der Waals surface area (Å²) in [7, 11) is 5.03. The molecule has 0 saturated carbocycles. The van der Waals surface area contributed by atoms with Gasteiger partial charge in [0.05, 0.1) is 25.4 Å². The molecule has 1 aromatic heterocycles. The lowest BCUT2D eigenvalue weighted by Gasteiger charge is -2.16. The summed E-state index contributed by atoms with van der Waals surface area (Å²) in [6.07, 6.45) is 5.80. The molecule has 0 radical (unpaired) electrons. The van der Waals surface area contributed by atoms with Crippen LogP contribution in [0.2, 0.25) is 0 Å². The molecule has 0 unspecified atom stereocenters. The maximum absolute atomic E-state index is 5.96. The molecule has 1 aromatic carbocycles. The van der Waals surface area contributed by atoms with Crippen molar-refractivity contribution in [3.8, 4) is 11.5 Å². The fourth-order valence-electron chi connectivity index (χ4n) is 2.73. The maximum Gasteiger partial charge on any atom is 0.223 e. The molecule has 0 bridgehead atoms. The van der Waals surface area contributed by atoms with E-state index in [-0.39, 0.29) is 0 Å². The number of rotatable bonds is 4. The highest BCUT2D eigenvalue weighted by Gasteiger charge is 2.16. The van der Waals surface area contributed by atoms with Gasteiger partial charge >= 0.3 is 0 Å². The van der Waals surface area contributed by atoms with Crippen LogP contribution < -0.4 is 20.5 Å². The van der Waals surface area contributed by atoms with E-state index in [0.717, 1.165) is 40.7 Å². The van der Waals surface area contributed by atoms with Crippen LogP contribution in [0, 0.1) is 0 Å². The van der Waals surface area contributed by atoms with E-state index in [1.165, 1.54) is 0 Å². The fourth-order valence-corrected chi connectivity index (χ4v) is 2.73. The molecular formula is C17H20N4O2. The molecule has 0 fully saturated rings. The van der Waals surface area contributed by atoms with Gasteiger partial charge < -0.3 is 20.5 Å². The Labute approximate surface area is 135 Å². The zero-order valence-electron chi connectivity index (χ0n) is 13.5. The minimum atomic E-state index is 0.564. The van der Waals surface area contributed by atoms with Crippen molar-refractivity contribution in [3.05, 3.63) is 35.7 Å². The molecule has 1 aliphatic rings. The van der Waals surface area contributed by atoms with Crippen molar-refractivity contribution in [2.75, 3.05) is 26.6 Å². The van der Waals surface area contributed by atoms with Gasteiger partial charge in [-0.3, -0.25) is 0 Å². The van der Waals surface area contributed by atoms with Gasteiger partial charge in [0.15, 0.2) is 11.5 Å². The summed E-state index contributed by atoms with van der Waals surface area (Å²) >= 11 is 0. The van der Waals surface area contributed by atoms with E-state index in [0.29, 0.717) is 17.4 Å². The third-order valence-corrected chi connectivity index (χ3v) is 3.86. The van der Waals surface area contributed by atoms with Crippen LogP contribution in [0.1, 0.15) is 18.5 Å². The predicted molar refractivity (Wildman–Crippen MR) is 91.7 cm³/mol. The number of ether oxygens (including phenoxy) is 2. The normalized spacial score (nSPS) is 14.2. The monoisotopic (exact) mass is 312 g/mol. The molecule has 0 amide bonds. The van der Waals surface area contributed by atoms with Crippen LogP contribution in [0.4, 0.5) is 5.95 Å². The van der Waals surface area contributed by atoms with Gasteiger partial charge in [-0.1, -0.05) is 6.08 Å². The van der Waals surface area contributed by atoms with E-state index in [1.54, 1.807) is 21.3 Å². The molecule has 0 saturated heterocycles. The van der Waals surface area contributed by atoms with E-state index in [9.17, 15) is 0 Å². The first-order chi connectivity index (χ1) is 11.2. The Balaban J connectivity index is 2.28. The molecule has 1 heterocycles. The van der Waals surface area contributed by atoms with Crippen LogP contribution in [0.15, 0.2) is 30.0 Å². The van der Waals surface area contributed by atoms with E-state index >= 15 is 0 Å². The number of allylic oxidation sites excluding steroid dienone is 3.